The molecule has 4 rings (SSSR count). The Morgan fingerprint density at radius 3 is 2.63 bits per heavy atom. The molecule has 2 fully saturated rings. The monoisotopic (exact) mass is 485 g/mol. The molecule has 1 unspecified atom stereocenters. The fourth-order valence-electron chi connectivity index (χ4n) is 4.35. The summed E-state index contributed by atoms with van der Waals surface area (Å²) in [6.45, 7) is 1.12. The number of carbonyl (C=O) groups is 3. The zero-order valence-corrected chi connectivity index (χ0v) is 19.2. The molecular weight excluding hydrogens is 457 g/mol. The number of nitrogens with zero attached hydrogens (tertiary/aromatic N) is 3. The van der Waals surface area contributed by atoms with E-state index in [0.29, 0.717) is 36.3 Å². The van der Waals surface area contributed by atoms with E-state index in [1.807, 2.05) is 6.07 Å². The van der Waals surface area contributed by atoms with Crippen LogP contribution in [0.15, 0.2) is 36.5 Å². The summed E-state index contributed by atoms with van der Waals surface area (Å²) in [7, 11) is 0. The third kappa shape index (κ3) is 5.86. The summed E-state index contributed by atoms with van der Waals surface area (Å²) in [4.78, 5) is 42.4. The van der Waals surface area contributed by atoms with Crippen molar-refractivity contribution in [1.82, 2.24) is 10.3 Å². The molecular formula is C24H28FN5O5. The number of carbonyl (C=O) groups excluding carboxylic acids is 3. The van der Waals surface area contributed by atoms with E-state index in [4.69, 9.17) is 15.6 Å². The molecule has 2 aromatic rings. The first-order chi connectivity index (χ1) is 16.8. The summed E-state index contributed by atoms with van der Waals surface area (Å²) in [5.41, 5.74) is 6.48. The van der Waals surface area contributed by atoms with Crippen LogP contribution in [0.4, 0.5) is 20.7 Å². The average Bonchev–Trinajstić information content (AvgIpc) is 3.23. The second-order valence-electron chi connectivity index (χ2n) is 8.68. The number of rotatable bonds is 8. The number of aliphatic hydroxyl groups excluding tert-OH is 1. The van der Waals surface area contributed by atoms with Crippen molar-refractivity contribution in [2.75, 3.05) is 36.0 Å². The summed E-state index contributed by atoms with van der Waals surface area (Å²) in [6.07, 6.45) is 2.48. The molecule has 1 aromatic heterocycles. The second kappa shape index (κ2) is 10.7. The maximum atomic E-state index is 15.0. The summed E-state index contributed by atoms with van der Waals surface area (Å²) < 4.78 is 20.2. The van der Waals surface area contributed by atoms with Crippen LogP contribution in [0.2, 0.25) is 0 Å². The Hall–Kier alpha value is -3.73. The summed E-state index contributed by atoms with van der Waals surface area (Å²) in [6, 6.07) is 8.19. The Labute approximate surface area is 201 Å². The van der Waals surface area contributed by atoms with Gasteiger partial charge in [0.1, 0.15) is 24.3 Å². The van der Waals surface area contributed by atoms with Gasteiger partial charge in [0.15, 0.2) is 0 Å². The van der Waals surface area contributed by atoms with E-state index in [9.17, 15) is 18.8 Å². The van der Waals surface area contributed by atoms with Gasteiger partial charge >= 0.3 is 6.09 Å². The highest BCUT2D eigenvalue weighted by atomic mass is 19.1. The number of aliphatic hydroxyl groups is 1. The first-order valence-electron chi connectivity index (χ1n) is 11.5. The van der Waals surface area contributed by atoms with E-state index < -0.39 is 30.5 Å². The lowest BCUT2D eigenvalue weighted by Crippen LogP contribution is -2.45. The van der Waals surface area contributed by atoms with Gasteiger partial charge in [-0.15, -0.1) is 0 Å². The lowest BCUT2D eigenvalue weighted by atomic mass is 10.0. The number of halogens is 1. The number of pyridine rings is 1. The highest BCUT2D eigenvalue weighted by molar-refractivity contribution is 5.90. The molecule has 10 nitrogen and oxygen atoms in total. The highest BCUT2D eigenvalue weighted by Crippen LogP contribution is 2.30. The number of hydrogen-bond donors (Lipinski definition) is 3. The molecule has 35 heavy (non-hydrogen) atoms. The maximum absolute atomic E-state index is 15.0. The molecule has 3 amide bonds. The fraction of sp³-hybridized carbons (Fsp3) is 0.417. The van der Waals surface area contributed by atoms with E-state index >= 15 is 0 Å². The number of anilines is 2. The minimum Gasteiger partial charge on any atom is -0.444 e. The Morgan fingerprint density at radius 2 is 2.00 bits per heavy atom. The van der Waals surface area contributed by atoms with Crippen LogP contribution < -0.4 is 20.9 Å². The van der Waals surface area contributed by atoms with Gasteiger partial charge in [0.2, 0.25) is 11.8 Å². The summed E-state index contributed by atoms with van der Waals surface area (Å²) in [5, 5.41) is 11.7. The van der Waals surface area contributed by atoms with Crippen molar-refractivity contribution >= 4 is 29.4 Å². The van der Waals surface area contributed by atoms with Crippen molar-refractivity contribution in [1.29, 1.82) is 0 Å². The van der Waals surface area contributed by atoms with E-state index in [1.54, 1.807) is 24.4 Å². The van der Waals surface area contributed by atoms with Crippen molar-refractivity contribution in [3.05, 3.63) is 42.3 Å². The van der Waals surface area contributed by atoms with Gasteiger partial charge in [-0.3, -0.25) is 14.5 Å². The first-order valence-corrected chi connectivity index (χ1v) is 11.5. The third-order valence-corrected chi connectivity index (χ3v) is 6.24. The largest absolute Gasteiger partial charge is 0.444 e. The number of nitrogens with one attached hydrogen (secondary N) is 1. The van der Waals surface area contributed by atoms with Crippen LogP contribution in [0.3, 0.4) is 0 Å². The molecule has 0 radical (unpaired) electrons. The average molecular weight is 486 g/mol. The minimum absolute atomic E-state index is 0.0316. The zero-order chi connectivity index (χ0) is 24.9. The van der Waals surface area contributed by atoms with Crippen LogP contribution in [0.5, 0.6) is 0 Å². The van der Waals surface area contributed by atoms with E-state index in [0.717, 1.165) is 18.7 Å². The number of amides is 3. The van der Waals surface area contributed by atoms with Gasteiger partial charge < -0.3 is 25.8 Å². The predicted molar refractivity (Wildman–Crippen MR) is 126 cm³/mol. The molecule has 0 saturated carbocycles. The number of primary amides is 1. The Bertz CT molecular complexity index is 1090. The van der Waals surface area contributed by atoms with E-state index in [2.05, 4.69) is 15.2 Å². The summed E-state index contributed by atoms with van der Waals surface area (Å²) in [5.74, 6) is -0.570. The van der Waals surface area contributed by atoms with Crippen LogP contribution in [0, 0.1) is 5.82 Å². The molecule has 0 spiro atoms. The van der Waals surface area contributed by atoms with Crippen molar-refractivity contribution < 1.29 is 28.6 Å². The number of piperidine rings is 1. The van der Waals surface area contributed by atoms with E-state index in [-0.39, 0.29) is 24.9 Å². The fourth-order valence-corrected chi connectivity index (χ4v) is 4.35. The Kier molecular flexibility index (Phi) is 7.45. The van der Waals surface area contributed by atoms with Gasteiger partial charge in [-0.1, -0.05) is 0 Å². The lowest BCUT2D eigenvalue weighted by molar-refractivity contribution is -0.124. The van der Waals surface area contributed by atoms with Gasteiger partial charge in [-0.25, -0.2) is 14.2 Å². The normalized spacial score (nSPS) is 18.5. The van der Waals surface area contributed by atoms with E-state index in [1.165, 1.54) is 11.0 Å². The molecule has 1 aromatic carbocycles. The van der Waals surface area contributed by atoms with Gasteiger partial charge in [0.25, 0.3) is 0 Å². The molecule has 3 heterocycles. The number of ether oxygens (including phenoxy) is 1. The van der Waals surface area contributed by atoms with Gasteiger partial charge in [0.05, 0.1) is 12.2 Å². The van der Waals surface area contributed by atoms with Crippen molar-refractivity contribution in [2.45, 2.75) is 37.8 Å². The van der Waals surface area contributed by atoms with Gasteiger partial charge in [0, 0.05) is 42.9 Å². The maximum Gasteiger partial charge on any atom is 0.414 e. The molecule has 11 heteroatoms. The predicted octanol–water partition coefficient (Wildman–Crippen LogP) is 1.56. The Morgan fingerprint density at radius 1 is 1.23 bits per heavy atom. The molecule has 186 valence electrons. The van der Waals surface area contributed by atoms with Crippen molar-refractivity contribution in [2.24, 2.45) is 5.73 Å². The van der Waals surface area contributed by atoms with Crippen LogP contribution in [0.25, 0.3) is 11.1 Å². The van der Waals surface area contributed by atoms with Crippen LogP contribution >= 0.6 is 0 Å². The van der Waals surface area contributed by atoms with Crippen molar-refractivity contribution in [3.8, 4) is 11.1 Å². The molecule has 2 aliphatic rings. The van der Waals surface area contributed by atoms with Gasteiger partial charge in [-0.05, 0) is 49.6 Å². The number of cyclic esters (lactones) is 1. The van der Waals surface area contributed by atoms with Crippen LogP contribution in [-0.2, 0) is 14.3 Å². The minimum atomic E-state index is -0.586. The quantitative estimate of drug-likeness (QED) is 0.516. The zero-order valence-electron chi connectivity index (χ0n) is 19.2. The number of aromatic nitrogens is 1. The molecule has 0 bridgehead atoms. The standard InChI is InChI=1S/C24H28FN5O5/c25-20-11-17(30-13-18(35-24(30)34)3-5-21(26)32)2-4-19(20)15-1-6-22(27-12-15)29-9-7-16(8-10-29)28-23(33)14-31/h1-2,4,6,11-12,16,18,31H,3,5,7-10,13-14H2,(H2,26,32)(H,28,33). The first kappa shape index (κ1) is 24.4. The van der Waals surface area contributed by atoms with Crippen LogP contribution in [0.1, 0.15) is 25.7 Å². The number of benzene rings is 1. The highest BCUT2D eigenvalue weighted by Gasteiger charge is 2.32. The molecule has 4 N–H and O–H groups in total. The molecule has 1 atom stereocenters. The molecule has 2 aliphatic heterocycles. The van der Waals surface area contributed by atoms with Gasteiger partial charge in [-0.2, -0.15) is 0 Å². The second-order valence-corrected chi connectivity index (χ2v) is 8.68. The molecule has 2 saturated heterocycles. The summed E-state index contributed by atoms with van der Waals surface area (Å²) >= 11 is 0. The molecule has 0 aliphatic carbocycles. The lowest BCUT2D eigenvalue weighted by Gasteiger charge is -2.33. The smallest absolute Gasteiger partial charge is 0.414 e. The van der Waals surface area contributed by atoms with Crippen molar-refractivity contribution in [3.63, 3.8) is 0 Å². The SMILES string of the molecule is NC(=O)CCC1CN(c2ccc(-c3ccc(N4CCC(NC(=O)CO)CC4)nc3)c(F)c2)C(=O)O1. The third-order valence-electron chi connectivity index (χ3n) is 6.24. The Balaban J connectivity index is 1.38. The number of hydrogen-bond acceptors (Lipinski definition) is 7. The topological polar surface area (TPSA) is 138 Å². The van der Waals surface area contributed by atoms with Crippen LogP contribution in [-0.4, -0.2) is 66.4 Å². The number of nitrogens with two attached hydrogens (primary N) is 1.